The monoisotopic (exact) mass is 217 g/mol. The topological polar surface area (TPSA) is 15.8 Å². The molecule has 2 saturated heterocycles. The van der Waals surface area contributed by atoms with E-state index in [-0.39, 0.29) is 0 Å². The van der Waals surface area contributed by atoms with Crippen molar-refractivity contribution in [2.45, 2.75) is 25.5 Å². The average Bonchev–Trinajstić information content (AvgIpc) is 3.15. The number of epoxide rings is 1. The van der Waals surface area contributed by atoms with Gasteiger partial charge < -0.3 is 4.74 Å². The highest BCUT2D eigenvalue weighted by atomic mass is 16.6. The Morgan fingerprint density at radius 2 is 1.81 bits per heavy atom. The molecule has 16 heavy (non-hydrogen) atoms. The summed E-state index contributed by atoms with van der Waals surface area (Å²) < 4.78 is 5.38. The van der Waals surface area contributed by atoms with Gasteiger partial charge in [0.15, 0.2) is 0 Å². The van der Waals surface area contributed by atoms with E-state index in [1.165, 1.54) is 31.5 Å². The molecule has 0 bridgehead atoms. The second-order valence-electron chi connectivity index (χ2n) is 4.97. The first-order valence-electron chi connectivity index (χ1n) is 6.30. The van der Waals surface area contributed by atoms with Gasteiger partial charge >= 0.3 is 0 Å². The first-order chi connectivity index (χ1) is 7.92. The average molecular weight is 217 g/mol. The number of rotatable bonds is 3. The van der Waals surface area contributed by atoms with E-state index < -0.39 is 0 Å². The van der Waals surface area contributed by atoms with Gasteiger partial charge in [-0.25, -0.2) is 0 Å². The normalized spacial score (nSPS) is 26.9. The second-order valence-corrected chi connectivity index (χ2v) is 4.97. The van der Waals surface area contributed by atoms with Crippen LogP contribution in [0.4, 0.5) is 0 Å². The van der Waals surface area contributed by atoms with Crippen molar-refractivity contribution in [2.75, 3.05) is 19.7 Å². The molecule has 0 saturated carbocycles. The molecule has 2 aliphatic heterocycles. The largest absolute Gasteiger partial charge is 0.373 e. The fourth-order valence-electron chi connectivity index (χ4n) is 2.65. The number of nitrogens with zero attached hydrogens (tertiary/aromatic N) is 1. The molecule has 0 N–H and O–H groups in total. The SMILES string of the molecule is c1ccc(CN2CCC(C3CO3)CC2)cc1. The zero-order valence-corrected chi connectivity index (χ0v) is 9.64. The highest BCUT2D eigenvalue weighted by Gasteiger charge is 2.34. The summed E-state index contributed by atoms with van der Waals surface area (Å²) in [6.07, 6.45) is 3.24. The summed E-state index contributed by atoms with van der Waals surface area (Å²) in [5.41, 5.74) is 1.43. The maximum atomic E-state index is 5.38. The number of benzene rings is 1. The standard InChI is InChI=1S/C14H19NO/c1-2-4-12(5-3-1)10-15-8-6-13(7-9-15)14-11-16-14/h1-5,13-14H,6-11H2. The molecule has 3 rings (SSSR count). The van der Waals surface area contributed by atoms with E-state index in [9.17, 15) is 0 Å². The molecule has 1 unspecified atom stereocenters. The van der Waals surface area contributed by atoms with Crippen molar-refractivity contribution in [1.29, 1.82) is 0 Å². The lowest BCUT2D eigenvalue weighted by molar-refractivity contribution is 0.156. The van der Waals surface area contributed by atoms with E-state index in [2.05, 4.69) is 35.2 Å². The van der Waals surface area contributed by atoms with Crippen LogP contribution in [0.15, 0.2) is 30.3 Å². The highest BCUT2D eigenvalue weighted by Crippen LogP contribution is 2.29. The molecular weight excluding hydrogens is 198 g/mol. The van der Waals surface area contributed by atoms with Crippen LogP contribution in [0.5, 0.6) is 0 Å². The van der Waals surface area contributed by atoms with Gasteiger partial charge in [0.05, 0.1) is 12.7 Å². The van der Waals surface area contributed by atoms with Crippen LogP contribution < -0.4 is 0 Å². The second kappa shape index (κ2) is 4.56. The lowest BCUT2D eigenvalue weighted by Crippen LogP contribution is -2.34. The maximum Gasteiger partial charge on any atom is 0.0838 e. The molecule has 86 valence electrons. The van der Waals surface area contributed by atoms with Gasteiger partial charge in [-0.2, -0.15) is 0 Å². The van der Waals surface area contributed by atoms with E-state index in [1.54, 1.807) is 0 Å². The summed E-state index contributed by atoms with van der Waals surface area (Å²) in [5, 5.41) is 0. The predicted octanol–water partition coefficient (Wildman–Crippen LogP) is 2.30. The van der Waals surface area contributed by atoms with Crippen LogP contribution in [-0.4, -0.2) is 30.7 Å². The van der Waals surface area contributed by atoms with Gasteiger partial charge in [0, 0.05) is 6.54 Å². The Morgan fingerprint density at radius 3 is 2.44 bits per heavy atom. The van der Waals surface area contributed by atoms with Crippen LogP contribution in [-0.2, 0) is 11.3 Å². The number of ether oxygens (including phenoxy) is 1. The van der Waals surface area contributed by atoms with Crippen molar-refractivity contribution in [2.24, 2.45) is 5.92 Å². The Kier molecular flexibility index (Phi) is 2.94. The summed E-state index contributed by atoms with van der Waals surface area (Å²) in [7, 11) is 0. The molecular formula is C14H19NO. The molecule has 2 aliphatic rings. The summed E-state index contributed by atoms with van der Waals surface area (Å²) in [6, 6.07) is 10.8. The van der Waals surface area contributed by atoms with Crippen LogP contribution in [0.2, 0.25) is 0 Å². The Hall–Kier alpha value is -0.860. The third-order valence-electron chi connectivity index (χ3n) is 3.77. The molecule has 1 aromatic rings. The summed E-state index contributed by atoms with van der Waals surface area (Å²) in [4.78, 5) is 2.56. The number of hydrogen-bond acceptors (Lipinski definition) is 2. The van der Waals surface area contributed by atoms with E-state index in [4.69, 9.17) is 4.74 Å². The summed E-state index contributed by atoms with van der Waals surface area (Å²) in [5.74, 6) is 0.840. The molecule has 2 fully saturated rings. The maximum absolute atomic E-state index is 5.38. The molecule has 1 atom stereocenters. The van der Waals surface area contributed by atoms with Gasteiger partial charge in [0.25, 0.3) is 0 Å². The highest BCUT2D eigenvalue weighted by molar-refractivity contribution is 5.14. The van der Waals surface area contributed by atoms with Crippen molar-refractivity contribution in [3.05, 3.63) is 35.9 Å². The smallest absolute Gasteiger partial charge is 0.0838 e. The zero-order valence-electron chi connectivity index (χ0n) is 9.64. The van der Waals surface area contributed by atoms with E-state index in [1.807, 2.05) is 0 Å². The third kappa shape index (κ3) is 2.45. The fourth-order valence-corrected chi connectivity index (χ4v) is 2.65. The minimum absolute atomic E-state index is 0.610. The van der Waals surface area contributed by atoms with Crippen LogP contribution in [0.1, 0.15) is 18.4 Å². The van der Waals surface area contributed by atoms with Crippen molar-refractivity contribution >= 4 is 0 Å². The van der Waals surface area contributed by atoms with Gasteiger partial charge in [-0.3, -0.25) is 4.90 Å². The molecule has 0 amide bonds. The number of piperidine rings is 1. The van der Waals surface area contributed by atoms with Crippen LogP contribution in [0, 0.1) is 5.92 Å². The van der Waals surface area contributed by atoms with Gasteiger partial charge in [0.1, 0.15) is 0 Å². The lowest BCUT2D eigenvalue weighted by Gasteiger charge is -2.31. The third-order valence-corrected chi connectivity index (χ3v) is 3.77. The molecule has 0 radical (unpaired) electrons. The van der Waals surface area contributed by atoms with Crippen LogP contribution >= 0.6 is 0 Å². The van der Waals surface area contributed by atoms with Crippen molar-refractivity contribution in [3.63, 3.8) is 0 Å². The number of hydrogen-bond donors (Lipinski definition) is 0. The van der Waals surface area contributed by atoms with Crippen LogP contribution in [0.3, 0.4) is 0 Å². The fraction of sp³-hybridized carbons (Fsp3) is 0.571. The van der Waals surface area contributed by atoms with E-state index in [0.717, 1.165) is 19.1 Å². The molecule has 0 aliphatic carbocycles. The first kappa shape index (κ1) is 10.3. The van der Waals surface area contributed by atoms with Gasteiger partial charge in [-0.05, 0) is 37.4 Å². The molecule has 2 heteroatoms. The molecule has 0 spiro atoms. The molecule has 2 nitrogen and oxygen atoms in total. The summed E-state index contributed by atoms with van der Waals surface area (Å²) in [6.45, 7) is 4.60. The van der Waals surface area contributed by atoms with Crippen molar-refractivity contribution in [1.82, 2.24) is 4.90 Å². The number of likely N-dealkylation sites (tertiary alicyclic amines) is 1. The van der Waals surface area contributed by atoms with E-state index >= 15 is 0 Å². The lowest BCUT2D eigenvalue weighted by atomic mass is 9.93. The van der Waals surface area contributed by atoms with Crippen LogP contribution in [0.25, 0.3) is 0 Å². The first-order valence-corrected chi connectivity index (χ1v) is 6.30. The van der Waals surface area contributed by atoms with Gasteiger partial charge in [0.2, 0.25) is 0 Å². The minimum atomic E-state index is 0.610. The Bertz CT molecular complexity index is 326. The molecule has 0 aromatic heterocycles. The van der Waals surface area contributed by atoms with Gasteiger partial charge in [-0.15, -0.1) is 0 Å². The van der Waals surface area contributed by atoms with Gasteiger partial charge in [-0.1, -0.05) is 30.3 Å². The quantitative estimate of drug-likeness (QED) is 0.722. The Balaban J connectivity index is 1.50. The zero-order chi connectivity index (χ0) is 10.8. The molecule has 2 heterocycles. The summed E-state index contributed by atoms with van der Waals surface area (Å²) >= 11 is 0. The Labute approximate surface area is 97.2 Å². The van der Waals surface area contributed by atoms with Crippen molar-refractivity contribution in [3.8, 4) is 0 Å². The Morgan fingerprint density at radius 1 is 1.12 bits per heavy atom. The van der Waals surface area contributed by atoms with E-state index in [0.29, 0.717) is 6.10 Å². The predicted molar refractivity (Wildman–Crippen MR) is 64.2 cm³/mol. The minimum Gasteiger partial charge on any atom is -0.373 e. The molecule has 1 aromatic carbocycles. The van der Waals surface area contributed by atoms with Crippen molar-refractivity contribution < 1.29 is 4.74 Å².